The van der Waals surface area contributed by atoms with Crippen molar-refractivity contribution in [2.75, 3.05) is 0 Å². The van der Waals surface area contributed by atoms with Crippen LogP contribution in [0.25, 0.3) is 0 Å². The first kappa shape index (κ1) is 10.5. The van der Waals surface area contributed by atoms with E-state index in [2.05, 4.69) is 13.8 Å². The van der Waals surface area contributed by atoms with E-state index in [0.717, 1.165) is 17.3 Å². The summed E-state index contributed by atoms with van der Waals surface area (Å²) in [5, 5.41) is 0. The molecule has 2 fully saturated rings. The van der Waals surface area contributed by atoms with Gasteiger partial charge in [0, 0.05) is 0 Å². The average molecular weight is 194 g/mol. The SMILES string of the molecule is CCCCC1CC12CCC(CCC)C2. The lowest BCUT2D eigenvalue weighted by Gasteiger charge is -2.10. The van der Waals surface area contributed by atoms with Crippen molar-refractivity contribution >= 4 is 0 Å². The molecule has 2 aliphatic carbocycles. The first-order valence-electron chi connectivity index (χ1n) is 6.80. The van der Waals surface area contributed by atoms with E-state index in [1.807, 2.05) is 0 Å². The summed E-state index contributed by atoms with van der Waals surface area (Å²) in [6.45, 7) is 4.66. The van der Waals surface area contributed by atoms with Crippen molar-refractivity contribution in [3.8, 4) is 0 Å². The highest BCUT2D eigenvalue weighted by atomic mass is 14.6. The van der Waals surface area contributed by atoms with Crippen molar-refractivity contribution < 1.29 is 0 Å². The highest BCUT2D eigenvalue weighted by Gasteiger charge is 2.55. The second-order valence-corrected chi connectivity index (χ2v) is 5.80. The van der Waals surface area contributed by atoms with Gasteiger partial charge in [-0.2, -0.15) is 0 Å². The van der Waals surface area contributed by atoms with E-state index in [-0.39, 0.29) is 0 Å². The van der Waals surface area contributed by atoms with E-state index < -0.39 is 0 Å². The minimum absolute atomic E-state index is 0.884. The Bertz CT molecular complexity index is 184. The molecule has 0 amide bonds. The molecular formula is C14H26. The van der Waals surface area contributed by atoms with E-state index in [9.17, 15) is 0 Å². The normalized spacial score (nSPS) is 40.7. The Hall–Kier alpha value is 0. The molecule has 0 aromatic heterocycles. The molecule has 0 N–H and O–H groups in total. The van der Waals surface area contributed by atoms with E-state index in [4.69, 9.17) is 0 Å². The van der Waals surface area contributed by atoms with E-state index >= 15 is 0 Å². The molecule has 1 spiro atoms. The largest absolute Gasteiger partial charge is 0.0654 e. The van der Waals surface area contributed by atoms with E-state index in [1.165, 1.54) is 32.1 Å². The molecule has 2 rings (SSSR count). The van der Waals surface area contributed by atoms with Gasteiger partial charge in [-0.3, -0.25) is 0 Å². The molecule has 3 unspecified atom stereocenters. The summed E-state index contributed by atoms with van der Waals surface area (Å²) < 4.78 is 0. The molecule has 0 heterocycles. The molecule has 0 radical (unpaired) electrons. The van der Waals surface area contributed by atoms with Gasteiger partial charge in [0.25, 0.3) is 0 Å². The molecule has 0 saturated heterocycles. The van der Waals surface area contributed by atoms with Crippen molar-refractivity contribution in [1.82, 2.24) is 0 Å². The number of unbranched alkanes of at least 4 members (excludes halogenated alkanes) is 1. The molecule has 82 valence electrons. The van der Waals surface area contributed by atoms with Gasteiger partial charge in [-0.15, -0.1) is 0 Å². The van der Waals surface area contributed by atoms with Crippen LogP contribution < -0.4 is 0 Å². The zero-order valence-electron chi connectivity index (χ0n) is 10.0. The Morgan fingerprint density at radius 1 is 1.07 bits per heavy atom. The van der Waals surface area contributed by atoms with Crippen molar-refractivity contribution in [2.24, 2.45) is 17.3 Å². The van der Waals surface area contributed by atoms with Gasteiger partial charge < -0.3 is 0 Å². The van der Waals surface area contributed by atoms with Gasteiger partial charge in [-0.1, -0.05) is 39.5 Å². The minimum atomic E-state index is 0.884. The van der Waals surface area contributed by atoms with Crippen LogP contribution in [0.1, 0.15) is 71.6 Å². The summed E-state index contributed by atoms with van der Waals surface area (Å²) in [6, 6.07) is 0. The van der Waals surface area contributed by atoms with E-state index in [0.29, 0.717) is 0 Å². The Balaban J connectivity index is 1.73. The third-order valence-corrected chi connectivity index (χ3v) is 4.71. The van der Waals surface area contributed by atoms with Gasteiger partial charge in [0.05, 0.1) is 0 Å². The lowest BCUT2D eigenvalue weighted by molar-refractivity contribution is 0.408. The Kier molecular flexibility index (Phi) is 3.19. The summed E-state index contributed by atoms with van der Waals surface area (Å²) >= 11 is 0. The third-order valence-electron chi connectivity index (χ3n) is 4.71. The highest BCUT2D eigenvalue weighted by molar-refractivity contribution is 5.06. The molecule has 0 aromatic carbocycles. The second-order valence-electron chi connectivity index (χ2n) is 5.80. The van der Waals surface area contributed by atoms with Crippen LogP contribution in [0.3, 0.4) is 0 Å². The number of hydrogen-bond acceptors (Lipinski definition) is 0. The van der Waals surface area contributed by atoms with Crippen LogP contribution >= 0.6 is 0 Å². The fourth-order valence-electron chi connectivity index (χ4n) is 3.77. The van der Waals surface area contributed by atoms with Crippen molar-refractivity contribution in [2.45, 2.75) is 71.6 Å². The molecule has 0 aromatic rings. The van der Waals surface area contributed by atoms with Gasteiger partial charge in [0.15, 0.2) is 0 Å². The Labute approximate surface area is 89.5 Å². The maximum Gasteiger partial charge on any atom is -0.0263 e. The first-order valence-corrected chi connectivity index (χ1v) is 6.80. The first-order chi connectivity index (χ1) is 6.80. The third kappa shape index (κ3) is 1.99. The summed E-state index contributed by atoms with van der Waals surface area (Å²) in [7, 11) is 0. The molecule has 14 heavy (non-hydrogen) atoms. The standard InChI is InChI=1S/C14H26/c1-3-5-7-13-11-14(13)9-8-12(10-14)6-4-2/h12-13H,3-11H2,1-2H3. The van der Waals surface area contributed by atoms with Crippen LogP contribution in [-0.4, -0.2) is 0 Å². The quantitative estimate of drug-likeness (QED) is 0.590. The molecule has 0 heteroatoms. The van der Waals surface area contributed by atoms with Gasteiger partial charge in [-0.25, -0.2) is 0 Å². The lowest BCUT2D eigenvalue weighted by Crippen LogP contribution is -1.99. The molecule has 2 saturated carbocycles. The summed E-state index contributed by atoms with van der Waals surface area (Å²) in [5.74, 6) is 2.25. The second kappa shape index (κ2) is 4.24. The summed E-state index contributed by atoms with van der Waals surface area (Å²) in [6.07, 6.45) is 13.6. The highest BCUT2D eigenvalue weighted by Crippen LogP contribution is 2.66. The Morgan fingerprint density at radius 3 is 2.64 bits per heavy atom. The smallest absolute Gasteiger partial charge is 0.0263 e. The fourth-order valence-corrected chi connectivity index (χ4v) is 3.77. The monoisotopic (exact) mass is 194 g/mol. The van der Waals surface area contributed by atoms with Crippen molar-refractivity contribution in [3.63, 3.8) is 0 Å². The predicted molar refractivity (Wildman–Crippen MR) is 62.3 cm³/mol. The summed E-state index contributed by atoms with van der Waals surface area (Å²) in [4.78, 5) is 0. The number of hydrogen-bond donors (Lipinski definition) is 0. The van der Waals surface area contributed by atoms with Crippen LogP contribution in [0, 0.1) is 17.3 Å². The summed E-state index contributed by atoms with van der Waals surface area (Å²) in [5.41, 5.74) is 0.884. The maximum absolute atomic E-state index is 2.34. The Morgan fingerprint density at radius 2 is 1.93 bits per heavy atom. The van der Waals surface area contributed by atoms with Gasteiger partial charge in [-0.05, 0) is 49.4 Å². The molecule has 0 bridgehead atoms. The number of rotatable bonds is 5. The van der Waals surface area contributed by atoms with E-state index in [1.54, 1.807) is 25.7 Å². The van der Waals surface area contributed by atoms with Gasteiger partial charge >= 0.3 is 0 Å². The molecular weight excluding hydrogens is 168 g/mol. The zero-order chi connectivity index (χ0) is 10.0. The van der Waals surface area contributed by atoms with Crippen molar-refractivity contribution in [3.05, 3.63) is 0 Å². The molecule has 0 aliphatic heterocycles. The fraction of sp³-hybridized carbons (Fsp3) is 1.00. The molecule has 3 atom stereocenters. The zero-order valence-corrected chi connectivity index (χ0v) is 10.0. The van der Waals surface area contributed by atoms with Crippen LogP contribution in [0.4, 0.5) is 0 Å². The van der Waals surface area contributed by atoms with Crippen LogP contribution in [0.15, 0.2) is 0 Å². The van der Waals surface area contributed by atoms with Gasteiger partial charge in [0.1, 0.15) is 0 Å². The topological polar surface area (TPSA) is 0 Å². The predicted octanol–water partition coefficient (Wildman–Crippen LogP) is 4.78. The lowest BCUT2D eigenvalue weighted by atomic mass is 9.95. The van der Waals surface area contributed by atoms with Gasteiger partial charge in [0.2, 0.25) is 0 Å². The average Bonchev–Trinajstić information content (AvgIpc) is 2.68. The maximum atomic E-state index is 2.34. The molecule has 2 aliphatic rings. The van der Waals surface area contributed by atoms with Crippen molar-refractivity contribution in [1.29, 1.82) is 0 Å². The van der Waals surface area contributed by atoms with Crippen LogP contribution in [-0.2, 0) is 0 Å². The minimum Gasteiger partial charge on any atom is -0.0654 e. The molecule has 0 nitrogen and oxygen atoms in total. The van der Waals surface area contributed by atoms with Crippen LogP contribution in [0.5, 0.6) is 0 Å². The van der Waals surface area contributed by atoms with Crippen LogP contribution in [0.2, 0.25) is 0 Å².